The van der Waals surface area contributed by atoms with Crippen molar-refractivity contribution in [2.45, 2.75) is 36.8 Å². The van der Waals surface area contributed by atoms with Crippen LogP contribution in [0.15, 0.2) is 48.9 Å². The number of amides is 1. The summed E-state index contributed by atoms with van der Waals surface area (Å²) in [5, 5.41) is 3.48. The molecular weight excluding hydrogens is 438 g/mol. The Morgan fingerprint density at radius 1 is 1.11 bits per heavy atom. The predicted molar refractivity (Wildman–Crippen MR) is 135 cm³/mol. The Balaban J connectivity index is 1.20. The molecule has 1 amide bonds. The van der Waals surface area contributed by atoms with Crippen molar-refractivity contribution < 1.29 is 4.79 Å². The number of piperazine rings is 1. The first-order chi connectivity index (χ1) is 17.0. The van der Waals surface area contributed by atoms with E-state index in [1.165, 1.54) is 18.4 Å². The molecule has 0 unspecified atom stereocenters. The molecule has 1 spiro atoms. The van der Waals surface area contributed by atoms with Gasteiger partial charge in [0.1, 0.15) is 0 Å². The first-order valence-corrected chi connectivity index (χ1v) is 12.4. The highest BCUT2D eigenvalue weighted by atomic mass is 16.2. The number of fused-ring (bicyclic) bond motifs is 4. The summed E-state index contributed by atoms with van der Waals surface area (Å²) >= 11 is 0. The standard InChI is InChI=1S/C27H29N7O/c1-32(2)20-5-8-28-23(11-20)18-12-30-26(31-13-18)34-16-27(6-7-27)22-4-3-17(9-24(22)34)25(35)33-15-19-10-21(33)14-29-19/h3-5,8-9,11-13,19,21,29H,6-7,10,14-16H2,1-2H3/t19-,21-/m0/s1. The highest BCUT2D eigenvalue weighted by molar-refractivity contribution is 5.96. The molecule has 5 heterocycles. The fourth-order valence-electron chi connectivity index (χ4n) is 5.99. The third-order valence-electron chi connectivity index (χ3n) is 8.17. The van der Waals surface area contributed by atoms with Crippen LogP contribution >= 0.6 is 0 Å². The lowest BCUT2D eigenvalue weighted by Gasteiger charge is -2.28. The van der Waals surface area contributed by atoms with Crippen LogP contribution in [-0.4, -0.2) is 71.6 Å². The Hall–Kier alpha value is -3.52. The summed E-state index contributed by atoms with van der Waals surface area (Å²) < 4.78 is 0. The molecular formula is C27H29N7O. The summed E-state index contributed by atoms with van der Waals surface area (Å²) in [5.41, 5.74) is 6.17. The molecule has 0 radical (unpaired) electrons. The first kappa shape index (κ1) is 20.8. The second-order valence-corrected chi connectivity index (χ2v) is 10.6. The summed E-state index contributed by atoms with van der Waals surface area (Å²) in [6, 6.07) is 11.1. The molecule has 7 rings (SSSR count). The molecule has 3 aromatic rings. The third-order valence-corrected chi connectivity index (χ3v) is 8.17. The van der Waals surface area contributed by atoms with Gasteiger partial charge < -0.3 is 20.0 Å². The topological polar surface area (TPSA) is 77.5 Å². The number of rotatable bonds is 4. The molecule has 2 bridgehead atoms. The molecule has 1 aromatic carbocycles. The van der Waals surface area contributed by atoms with E-state index in [-0.39, 0.29) is 11.3 Å². The average Bonchev–Trinajstić information content (AvgIpc) is 3.21. The lowest BCUT2D eigenvalue weighted by Crippen LogP contribution is -2.46. The van der Waals surface area contributed by atoms with Gasteiger partial charge in [0.15, 0.2) is 0 Å². The minimum Gasteiger partial charge on any atom is -0.378 e. The summed E-state index contributed by atoms with van der Waals surface area (Å²) in [7, 11) is 4.03. The molecule has 2 aromatic heterocycles. The lowest BCUT2D eigenvalue weighted by atomic mass is 9.97. The molecule has 178 valence electrons. The Morgan fingerprint density at radius 2 is 1.94 bits per heavy atom. The maximum atomic E-state index is 13.4. The van der Waals surface area contributed by atoms with Gasteiger partial charge in [0.05, 0.1) is 5.69 Å². The van der Waals surface area contributed by atoms with Crippen molar-refractivity contribution in [3.8, 4) is 11.3 Å². The minimum atomic E-state index is 0.140. The largest absolute Gasteiger partial charge is 0.378 e. The van der Waals surface area contributed by atoms with E-state index in [1.54, 1.807) is 0 Å². The van der Waals surface area contributed by atoms with Crippen molar-refractivity contribution in [3.05, 3.63) is 60.0 Å². The summed E-state index contributed by atoms with van der Waals surface area (Å²) in [5.74, 6) is 0.818. The zero-order valence-electron chi connectivity index (χ0n) is 20.1. The van der Waals surface area contributed by atoms with Crippen LogP contribution in [0.4, 0.5) is 17.3 Å². The van der Waals surface area contributed by atoms with Crippen molar-refractivity contribution in [3.63, 3.8) is 0 Å². The summed E-state index contributed by atoms with van der Waals surface area (Å²) in [6.07, 6.45) is 8.93. The highest BCUT2D eigenvalue weighted by Crippen LogP contribution is 2.57. The van der Waals surface area contributed by atoms with Crippen molar-refractivity contribution in [1.82, 2.24) is 25.2 Å². The summed E-state index contributed by atoms with van der Waals surface area (Å²) in [6.45, 7) is 2.58. The van der Waals surface area contributed by atoms with Gasteiger partial charge in [0.2, 0.25) is 5.95 Å². The van der Waals surface area contributed by atoms with E-state index >= 15 is 0 Å². The Labute approximate surface area is 205 Å². The zero-order chi connectivity index (χ0) is 23.7. The van der Waals surface area contributed by atoms with Crippen LogP contribution in [0.25, 0.3) is 11.3 Å². The Morgan fingerprint density at radius 3 is 2.63 bits per heavy atom. The molecule has 1 aliphatic carbocycles. The van der Waals surface area contributed by atoms with Gasteiger partial charge in [-0.15, -0.1) is 0 Å². The van der Waals surface area contributed by atoms with Crippen LogP contribution in [0.5, 0.6) is 0 Å². The zero-order valence-corrected chi connectivity index (χ0v) is 20.1. The number of hydrogen-bond acceptors (Lipinski definition) is 7. The number of likely N-dealkylation sites (tertiary alicyclic amines) is 1. The van der Waals surface area contributed by atoms with E-state index in [0.29, 0.717) is 18.0 Å². The second-order valence-electron chi connectivity index (χ2n) is 10.6. The second kappa shape index (κ2) is 7.49. The molecule has 2 atom stereocenters. The first-order valence-electron chi connectivity index (χ1n) is 12.4. The molecule has 3 aliphatic heterocycles. The van der Waals surface area contributed by atoms with Crippen LogP contribution in [0.1, 0.15) is 35.2 Å². The lowest BCUT2D eigenvalue weighted by molar-refractivity contribution is 0.0716. The predicted octanol–water partition coefficient (Wildman–Crippen LogP) is 2.97. The molecule has 1 saturated carbocycles. The number of carbonyl (C=O) groups is 1. The number of aromatic nitrogens is 3. The number of pyridine rings is 1. The normalized spacial score (nSPS) is 23.1. The van der Waals surface area contributed by atoms with E-state index < -0.39 is 0 Å². The van der Waals surface area contributed by atoms with Crippen LogP contribution in [0.2, 0.25) is 0 Å². The number of benzene rings is 1. The van der Waals surface area contributed by atoms with E-state index in [2.05, 4.69) is 37.1 Å². The smallest absolute Gasteiger partial charge is 0.254 e. The fraction of sp³-hybridized carbons (Fsp3) is 0.407. The summed E-state index contributed by atoms with van der Waals surface area (Å²) in [4.78, 5) is 33.7. The number of hydrogen-bond donors (Lipinski definition) is 1. The van der Waals surface area contributed by atoms with Gasteiger partial charge in [-0.1, -0.05) is 6.07 Å². The highest BCUT2D eigenvalue weighted by Gasteiger charge is 2.52. The number of anilines is 3. The molecule has 2 saturated heterocycles. The monoisotopic (exact) mass is 467 g/mol. The Bertz CT molecular complexity index is 1320. The minimum absolute atomic E-state index is 0.140. The SMILES string of the molecule is CN(C)c1ccnc(-c2cnc(N3CC4(CC4)c4ccc(C(=O)N5C[C@@H]6C[C@H]5CN6)cc43)nc2)c1. The number of nitrogens with one attached hydrogen (secondary N) is 1. The van der Waals surface area contributed by atoms with Crippen LogP contribution in [-0.2, 0) is 5.41 Å². The Kier molecular flexibility index (Phi) is 4.45. The van der Waals surface area contributed by atoms with Crippen molar-refractivity contribution in [2.75, 3.05) is 43.5 Å². The van der Waals surface area contributed by atoms with E-state index in [9.17, 15) is 4.79 Å². The average molecular weight is 468 g/mol. The van der Waals surface area contributed by atoms with Gasteiger partial charge in [-0.25, -0.2) is 9.97 Å². The van der Waals surface area contributed by atoms with Crippen LogP contribution in [0.3, 0.4) is 0 Å². The number of carbonyl (C=O) groups excluding carboxylic acids is 1. The molecule has 8 heteroatoms. The molecule has 35 heavy (non-hydrogen) atoms. The molecule has 8 nitrogen and oxygen atoms in total. The van der Waals surface area contributed by atoms with Gasteiger partial charge in [-0.3, -0.25) is 9.78 Å². The van der Waals surface area contributed by atoms with E-state index in [4.69, 9.17) is 9.97 Å². The van der Waals surface area contributed by atoms with Crippen molar-refractivity contribution in [2.24, 2.45) is 0 Å². The maximum absolute atomic E-state index is 13.4. The third kappa shape index (κ3) is 3.31. The maximum Gasteiger partial charge on any atom is 0.254 e. The van der Waals surface area contributed by atoms with Gasteiger partial charge in [0.25, 0.3) is 5.91 Å². The molecule has 3 fully saturated rings. The van der Waals surface area contributed by atoms with Crippen LogP contribution < -0.4 is 15.1 Å². The fourth-order valence-corrected chi connectivity index (χ4v) is 5.99. The van der Waals surface area contributed by atoms with Gasteiger partial charge >= 0.3 is 0 Å². The number of nitrogens with zero attached hydrogens (tertiary/aromatic N) is 6. The van der Waals surface area contributed by atoms with Crippen molar-refractivity contribution in [1.29, 1.82) is 0 Å². The quantitative estimate of drug-likeness (QED) is 0.632. The van der Waals surface area contributed by atoms with Gasteiger partial charge in [-0.2, -0.15) is 0 Å². The molecule has 1 N–H and O–H groups in total. The van der Waals surface area contributed by atoms with Crippen molar-refractivity contribution >= 4 is 23.2 Å². The van der Waals surface area contributed by atoms with Crippen LogP contribution in [0, 0.1) is 0 Å². The van der Waals surface area contributed by atoms with E-state index in [0.717, 1.165) is 54.3 Å². The molecule has 4 aliphatic rings. The van der Waals surface area contributed by atoms with E-state index in [1.807, 2.05) is 50.9 Å². The van der Waals surface area contributed by atoms with Gasteiger partial charge in [0, 0.05) is 92.3 Å². The van der Waals surface area contributed by atoms with Gasteiger partial charge in [-0.05, 0) is 49.1 Å².